The summed E-state index contributed by atoms with van der Waals surface area (Å²) in [6, 6.07) is 9.66. The number of methoxy groups -OCH3 is 2. The predicted octanol–water partition coefficient (Wildman–Crippen LogP) is 2.97. The number of nitrogens with zero attached hydrogens (tertiary/aromatic N) is 3. The van der Waals surface area contributed by atoms with Crippen LogP contribution in [0.2, 0.25) is 0 Å². The molecule has 0 saturated heterocycles. The highest BCUT2D eigenvalue weighted by Crippen LogP contribution is 2.41. The maximum atomic E-state index is 6.14. The van der Waals surface area contributed by atoms with Crippen LogP contribution in [0.15, 0.2) is 36.5 Å². The van der Waals surface area contributed by atoms with Crippen LogP contribution in [0.5, 0.6) is 11.5 Å². The summed E-state index contributed by atoms with van der Waals surface area (Å²) in [7, 11) is 5.27. The van der Waals surface area contributed by atoms with E-state index in [-0.39, 0.29) is 5.95 Å². The van der Waals surface area contributed by atoms with E-state index in [0.717, 1.165) is 38.9 Å². The van der Waals surface area contributed by atoms with Gasteiger partial charge in [0.05, 0.1) is 30.6 Å². The van der Waals surface area contributed by atoms with Crippen molar-refractivity contribution in [2.45, 2.75) is 0 Å². The molecule has 0 fully saturated rings. The van der Waals surface area contributed by atoms with E-state index < -0.39 is 0 Å². The van der Waals surface area contributed by atoms with Gasteiger partial charge in [-0.05, 0) is 30.3 Å². The number of hydrogen-bond acceptors (Lipinski definition) is 6. The molecule has 0 atom stereocenters. The van der Waals surface area contributed by atoms with Crippen LogP contribution in [-0.4, -0.2) is 28.8 Å². The highest BCUT2D eigenvalue weighted by atomic mass is 16.5. The molecule has 0 radical (unpaired) electrons. The van der Waals surface area contributed by atoms with Gasteiger partial charge in [-0.2, -0.15) is 4.98 Å². The summed E-state index contributed by atoms with van der Waals surface area (Å²) in [6.45, 7) is 0. The molecular formula is C19H19N5O2. The highest BCUT2D eigenvalue weighted by molar-refractivity contribution is 6.15. The van der Waals surface area contributed by atoms with Gasteiger partial charge in [0.2, 0.25) is 5.95 Å². The van der Waals surface area contributed by atoms with Gasteiger partial charge in [0, 0.05) is 29.8 Å². The van der Waals surface area contributed by atoms with Crippen LogP contribution in [0, 0.1) is 0 Å². The van der Waals surface area contributed by atoms with E-state index in [2.05, 4.69) is 9.97 Å². The second kappa shape index (κ2) is 5.80. The minimum atomic E-state index is 0.147. The van der Waals surface area contributed by atoms with Gasteiger partial charge in [0.1, 0.15) is 17.3 Å². The Morgan fingerprint density at radius 3 is 2.50 bits per heavy atom. The zero-order valence-corrected chi connectivity index (χ0v) is 14.8. The molecule has 7 nitrogen and oxygen atoms in total. The number of hydrogen-bond donors (Lipinski definition) is 2. The van der Waals surface area contributed by atoms with Gasteiger partial charge in [0.15, 0.2) is 0 Å². The summed E-state index contributed by atoms with van der Waals surface area (Å²) in [4.78, 5) is 8.50. The Morgan fingerprint density at radius 1 is 0.962 bits per heavy atom. The fourth-order valence-corrected chi connectivity index (χ4v) is 3.40. The highest BCUT2D eigenvalue weighted by Gasteiger charge is 2.18. The third-order valence-electron chi connectivity index (χ3n) is 4.56. The van der Waals surface area contributed by atoms with Gasteiger partial charge in [0.25, 0.3) is 0 Å². The van der Waals surface area contributed by atoms with Crippen LogP contribution in [0.4, 0.5) is 11.8 Å². The quantitative estimate of drug-likeness (QED) is 0.590. The average Bonchev–Trinajstić information content (AvgIpc) is 3.01. The van der Waals surface area contributed by atoms with Crippen molar-refractivity contribution in [3.8, 4) is 22.6 Å². The number of anilines is 2. The zero-order chi connectivity index (χ0) is 18.4. The topological polar surface area (TPSA) is 101 Å². The van der Waals surface area contributed by atoms with E-state index in [1.807, 2.05) is 48.1 Å². The molecule has 7 heteroatoms. The minimum absolute atomic E-state index is 0.147. The van der Waals surface area contributed by atoms with Crippen molar-refractivity contribution in [1.82, 2.24) is 14.5 Å². The molecule has 0 saturated carbocycles. The van der Waals surface area contributed by atoms with Crippen molar-refractivity contribution in [1.29, 1.82) is 0 Å². The molecule has 0 spiro atoms. The van der Waals surface area contributed by atoms with Gasteiger partial charge < -0.3 is 25.5 Å². The van der Waals surface area contributed by atoms with Crippen LogP contribution in [0.3, 0.4) is 0 Å². The van der Waals surface area contributed by atoms with Crippen molar-refractivity contribution < 1.29 is 9.47 Å². The molecule has 4 aromatic rings. The largest absolute Gasteiger partial charge is 0.497 e. The molecule has 0 aliphatic carbocycles. The van der Waals surface area contributed by atoms with Gasteiger partial charge in [-0.3, -0.25) is 0 Å². The van der Waals surface area contributed by atoms with Gasteiger partial charge in [-0.15, -0.1) is 0 Å². The van der Waals surface area contributed by atoms with E-state index in [1.54, 1.807) is 14.2 Å². The summed E-state index contributed by atoms with van der Waals surface area (Å²) >= 11 is 0. The summed E-state index contributed by atoms with van der Waals surface area (Å²) < 4.78 is 13.0. The molecule has 2 aromatic carbocycles. The molecular weight excluding hydrogens is 330 g/mol. The van der Waals surface area contributed by atoms with E-state index >= 15 is 0 Å². The smallest absolute Gasteiger partial charge is 0.222 e. The van der Waals surface area contributed by atoms with Crippen LogP contribution in [0.25, 0.3) is 32.9 Å². The molecule has 26 heavy (non-hydrogen) atoms. The summed E-state index contributed by atoms with van der Waals surface area (Å²) in [5.41, 5.74) is 15.5. The number of benzene rings is 2. The lowest BCUT2D eigenvalue weighted by Gasteiger charge is -2.14. The van der Waals surface area contributed by atoms with Crippen molar-refractivity contribution in [2.75, 3.05) is 25.7 Å². The normalized spacial score (nSPS) is 11.2. The Bertz CT molecular complexity index is 1150. The first-order valence-electron chi connectivity index (χ1n) is 8.06. The van der Waals surface area contributed by atoms with E-state index in [4.69, 9.17) is 20.9 Å². The van der Waals surface area contributed by atoms with Crippen molar-refractivity contribution in [3.63, 3.8) is 0 Å². The van der Waals surface area contributed by atoms with Crippen molar-refractivity contribution >= 4 is 33.6 Å². The number of fused-ring (bicyclic) bond motifs is 3. The minimum Gasteiger partial charge on any atom is -0.497 e. The van der Waals surface area contributed by atoms with Crippen molar-refractivity contribution in [2.24, 2.45) is 7.05 Å². The summed E-state index contributed by atoms with van der Waals surface area (Å²) in [5, 5.41) is 1.75. The van der Waals surface area contributed by atoms with Crippen LogP contribution < -0.4 is 20.9 Å². The maximum Gasteiger partial charge on any atom is 0.222 e. The average molecular weight is 349 g/mol. The molecule has 4 N–H and O–H groups in total. The SMILES string of the molecule is COc1ccc(OC)c(-c2cc3nc(N)nc(N)c3c3ccn(C)c23)c1. The third-order valence-corrected chi connectivity index (χ3v) is 4.56. The second-order valence-corrected chi connectivity index (χ2v) is 6.04. The monoisotopic (exact) mass is 349 g/mol. The third kappa shape index (κ3) is 2.28. The number of aryl methyl sites for hydroxylation is 1. The molecule has 0 amide bonds. The van der Waals surface area contributed by atoms with Gasteiger partial charge in [-0.25, -0.2) is 4.98 Å². The van der Waals surface area contributed by atoms with E-state index in [0.29, 0.717) is 11.3 Å². The number of nitrogens with two attached hydrogens (primary N) is 2. The first-order chi connectivity index (χ1) is 12.5. The molecule has 132 valence electrons. The molecule has 0 bridgehead atoms. The first-order valence-corrected chi connectivity index (χ1v) is 8.06. The van der Waals surface area contributed by atoms with Crippen molar-refractivity contribution in [3.05, 3.63) is 36.5 Å². The Morgan fingerprint density at radius 2 is 1.77 bits per heavy atom. The van der Waals surface area contributed by atoms with Gasteiger partial charge in [-0.1, -0.05) is 0 Å². The second-order valence-electron chi connectivity index (χ2n) is 6.04. The maximum absolute atomic E-state index is 6.14. The summed E-state index contributed by atoms with van der Waals surface area (Å²) in [5.74, 6) is 1.99. The van der Waals surface area contributed by atoms with Gasteiger partial charge >= 0.3 is 0 Å². The molecule has 0 unspecified atom stereocenters. The zero-order valence-electron chi connectivity index (χ0n) is 14.8. The molecule has 0 aliphatic rings. The lowest BCUT2D eigenvalue weighted by molar-refractivity contribution is 0.404. The Labute approximate surface area is 150 Å². The van der Waals surface area contributed by atoms with E-state index in [1.165, 1.54) is 0 Å². The number of aromatic nitrogens is 3. The Balaban J connectivity index is 2.18. The van der Waals surface area contributed by atoms with Crippen LogP contribution in [-0.2, 0) is 7.05 Å². The molecule has 2 heterocycles. The lowest BCUT2D eigenvalue weighted by Crippen LogP contribution is -2.02. The number of rotatable bonds is 3. The van der Waals surface area contributed by atoms with Crippen LogP contribution >= 0.6 is 0 Å². The molecule has 0 aliphatic heterocycles. The molecule has 4 rings (SSSR count). The standard InChI is InChI=1S/C19H19N5O2/c1-24-7-6-11-16-14(22-19(21)23-18(16)20)9-13(17(11)24)12-8-10(25-2)4-5-15(12)26-3/h4-9H,1-3H3,(H4,20,21,22,23). The first kappa shape index (κ1) is 16.0. The predicted molar refractivity (Wildman–Crippen MR) is 103 cm³/mol. The Hall–Kier alpha value is -3.48. The van der Waals surface area contributed by atoms with E-state index in [9.17, 15) is 0 Å². The Kier molecular flexibility index (Phi) is 3.57. The fraction of sp³-hybridized carbons (Fsp3) is 0.158. The number of nitrogen functional groups attached to an aromatic ring is 2. The summed E-state index contributed by atoms with van der Waals surface area (Å²) in [6.07, 6.45) is 1.98. The molecule has 2 aromatic heterocycles. The lowest BCUT2D eigenvalue weighted by atomic mass is 9.98. The number of ether oxygens (including phenoxy) is 2. The van der Waals surface area contributed by atoms with Crippen LogP contribution in [0.1, 0.15) is 0 Å². The fourth-order valence-electron chi connectivity index (χ4n) is 3.40.